The van der Waals surface area contributed by atoms with Gasteiger partial charge in [-0.15, -0.1) is 11.3 Å². The first-order valence-corrected chi connectivity index (χ1v) is 7.99. The molecule has 1 aromatic carbocycles. The molecule has 0 aliphatic heterocycles. The molecule has 0 fully saturated rings. The van der Waals surface area contributed by atoms with E-state index in [2.05, 4.69) is 25.7 Å². The predicted octanol–water partition coefficient (Wildman–Crippen LogP) is 4.44. The fourth-order valence-corrected chi connectivity index (χ4v) is 2.70. The number of alkyl halides is 3. The molecule has 1 atom stereocenters. The van der Waals surface area contributed by atoms with Gasteiger partial charge in [0.05, 0.1) is 0 Å². The number of carbonyl (C=O) groups is 1. The van der Waals surface area contributed by atoms with E-state index >= 15 is 0 Å². The van der Waals surface area contributed by atoms with Crippen LogP contribution >= 0.6 is 27.3 Å². The standard InChI is InChI=1S/C14H11BrF3NO3S/c1-8-7-23-13(19-8)12(14(16,17)18)22-11(20)6-21-10-4-2-9(15)3-5-10/h2-5,7,12H,6H2,1H3. The molecule has 0 bridgehead atoms. The highest BCUT2D eigenvalue weighted by Crippen LogP contribution is 2.37. The van der Waals surface area contributed by atoms with Crippen molar-refractivity contribution in [3.05, 3.63) is 44.8 Å². The van der Waals surface area contributed by atoms with Crippen LogP contribution < -0.4 is 4.74 Å². The zero-order valence-corrected chi connectivity index (χ0v) is 14.2. The van der Waals surface area contributed by atoms with E-state index in [1.165, 1.54) is 5.38 Å². The van der Waals surface area contributed by atoms with E-state index in [0.717, 1.165) is 15.8 Å². The molecule has 23 heavy (non-hydrogen) atoms. The first-order valence-electron chi connectivity index (χ1n) is 6.32. The third-order valence-corrected chi connectivity index (χ3v) is 4.11. The number of esters is 1. The van der Waals surface area contributed by atoms with Gasteiger partial charge < -0.3 is 9.47 Å². The minimum absolute atomic E-state index is 0.313. The SMILES string of the molecule is Cc1csc(C(OC(=O)COc2ccc(Br)cc2)C(F)(F)F)n1. The lowest BCUT2D eigenvalue weighted by atomic mass is 10.3. The summed E-state index contributed by atoms with van der Waals surface area (Å²) in [6, 6.07) is 6.50. The Bertz CT molecular complexity index is 673. The highest BCUT2D eigenvalue weighted by molar-refractivity contribution is 9.10. The molecular formula is C14H11BrF3NO3S. The average molecular weight is 410 g/mol. The Labute approximate surface area is 142 Å². The Hall–Kier alpha value is -1.61. The summed E-state index contributed by atoms with van der Waals surface area (Å²) in [5, 5.41) is 1.15. The number of nitrogens with zero attached hydrogens (tertiary/aromatic N) is 1. The number of aryl methyl sites for hydroxylation is 1. The molecule has 0 radical (unpaired) electrons. The van der Waals surface area contributed by atoms with Gasteiger partial charge in [0.25, 0.3) is 0 Å². The first kappa shape index (κ1) is 17.7. The van der Waals surface area contributed by atoms with Crippen molar-refractivity contribution in [3.8, 4) is 5.75 Å². The first-order chi connectivity index (χ1) is 10.8. The van der Waals surface area contributed by atoms with Crippen molar-refractivity contribution in [3.63, 3.8) is 0 Å². The summed E-state index contributed by atoms with van der Waals surface area (Å²) in [4.78, 5) is 15.4. The molecule has 2 rings (SSSR count). The molecule has 0 aliphatic carbocycles. The molecule has 2 aromatic rings. The summed E-state index contributed by atoms with van der Waals surface area (Å²) < 4.78 is 49.5. The molecule has 1 unspecified atom stereocenters. The molecule has 0 spiro atoms. The molecule has 4 nitrogen and oxygen atoms in total. The number of aromatic nitrogens is 1. The Balaban J connectivity index is 1.99. The van der Waals surface area contributed by atoms with Crippen LogP contribution in [-0.4, -0.2) is 23.7 Å². The van der Waals surface area contributed by atoms with Gasteiger partial charge in [-0.1, -0.05) is 15.9 Å². The van der Waals surface area contributed by atoms with Gasteiger partial charge >= 0.3 is 12.1 Å². The maximum atomic E-state index is 13.0. The van der Waals surface area contributed by atoms with E-state index in [1.54, 1.807) is 31.2 Å². The smallest absolute Gasteiger partial charge is 0.432 e. The number of hydrogen-bond acceptors (Lipinski definition) is 5. The Morgan fingerprint density at radius 3 is 2.52 bits per heavy atom. The van der Waals surface area contributed by atoms with Crippen molar-refractivity contribution in [2.45, 2.75) is 19.2 Å². The third-order valence-electron chi connectivity index (χ3n) is 2.58. The summed E-state index contributed by atoms with van der Waals surface area (Å²) in [6.07, 6.45) is -7.13. The van der Waals surface area contributed by atoms with Crippen LogP contribution in [0.25, 0.3) is 0 Å². The Kier molecular flexibility index (Phi) is 5.64. The lowest BCUT2D eigenvalue weighted by Crippen LogP contribution is -2.28. The lowest BCUT2D eigenvalue weighted by Gasteiger charge is -2.18. The van der Waals surface area contributed by atoms with Crippen LogP contribution in [0.5, 0.6) is 5.75 Å². The highest BCUT2D eigenvalue weighted by Gasteiger charge is 2.46. The fraction of sp³-hybridized carbons (Fsp3) is 0.286. The third kappa shape index (κ3) is 5.21. The second-order valence-corrected chi connectivity index (χ2v) is 6.29. The van der Waals surface area contributed by atoms with Crippen LogP contribution in [0.2, 0.25) is 0 Å². The number of carbonyl (C=O) groups excluding carboxylic acids is 1. The number of thiazole rings is 1. The zero-order chi connectivity index (χ0) is 17.0. The van der Waals surface area contributed by atoms with Crippen LogP contribution in [0, 0.1) is 6.92 Å². The summed E-state index contributed by atoms with van der Waals surface area (Å²) >= 11 is 4.02. The molecule has 9 heteroatoms. The van der Waals surface area contributed by atoms with Crippen LogP contribution in [0.1, 0.15) is 16.8 Å². The van der Waals surface area contributed by atoms with E-state index in [1.807, 2.05) is 0 Å². The quantitative estimate of drug-likeness (QED) is 0.684. The van der Waals surface area contributed by atoms with Crippen LogP contribution in [0.15, 0.2) is 34.1 Å². The number of ether oxygens (including phenoxy) is 2. The van der Waals surface area contributed by atoms with Crippen molar-refractivity contribution in [1.29, 1.82) is 0 Å². The summed E-state index contributed by atoms with van der Waals surface area (Å²) in [5.74, 6) is -0.776. The fourth-order valence-electron chi connectivity index (χ4n) is 1.59. The van der Waals surface area contributed by atoms with Crippen molar-refractivity contribution in [1.82, 2.24) is 4.98 Å². The van der Waals surface area contributed by atoms with Crippen molar-refractivity contribution in [2.75, 3.05) is 6.61 Å². The van der Waals surface area contributed by atoms with Crippen LogP contribution in [0.4, 0.5) is 13.2 Å². The average Bonchev–Trinajstić information content (AvgIpc) is 2.89. The zero-order valence-electron chi connectivity index (χ0n) is 11.8. The number of rotatable bonds is 5. The monoisotopic (exact) mass is 409 g/mol. The summed E-state index contributed by atoms with van der Waals surface area (Å²) in [5.41, 5.74) is 0.432. The second kappa shape index (κ2) is 7.31. The second-order valence-electron chi connectivity index (χ2n) is 4.48. The van der Waals surface area contributed by atoms with Crippen LogP contribution in [0.3, 0.4) is 0 Å². The Morgan fingerprint density at radius 1 is 1.35 bits per heavy atom. The largest absolute Gasteiger partial charge is 0.482 e. The number of halogens is 4. The van der Waals surface area contributed by atoms with Crippen LogP contribution in [-0.2, 0) is 9.53 Å². The van der Waals surface area contributed by atoms with Gasteiger partial charge in [0, 0.05) is 15.5 Å². The van der Waals surface area contributed by atoms with Crippen molar-refractivity contribution < 1.29 is 27.4 Å². The number of benzene rings is 1. The maximum absolute atomic E-state index is 13.0. The molecular weight excluding hydrogens is 399 g/mol. The van der Waals surface area contributed by atoms with E-state index in [-0.39, 0.29) is 5.01 Å². The normalized spacial score (nSPS) is 12.7. The molecule has 1 heterocycles. The Morgan fingerprint density at radius 2 is 2.00 bits per heavy atom. The van der Waals surface area contributed by atoms with E-state index in [4.69, 9.17) is 4.74 Å². The summed E-state index contributed by atoms with van der Waals surface area (Å²) in [6.45, 7) is 0.935. The predicted molar refractivity (Wildman–Crippen MR) is 81.4 cm³/mol. The van der Waals surface area contributed by atoms with Gasteiger partial charge in [0.1, 0.15) is 10.8 Å². The molecule has 0 saturated carbocycles. The van der Waals surface area contributed by atoms with E-state index in [9.17, 15) is 18.0 Å². The minimum Gasteiger partial charge on any atom is -0.482 e. The van der Waals surface area contributed by atoms with Crippen molar-refractivity contribution in [2.24, 2.45) is 0 Å². The molecule has 0 saturated heterocycles. The topological polar surface area (TPSA) is 48.4 Å². The van der Waals surface area contributed by atoms with Gasteiger partial charge in [-0.3, -0.25) is 0 Å². The lowest BCUT2D eigenvalue weighted by molar-refractivity contribution is -0.225. The number of hydrogen-bond donors (Lipinski definition) is 0. The molecule has 1 aromatic heterocycles. The molecule has 0 aliphatic rings. The molecule has 0 N–H and O–H groups in total. The summed E-state index contributed by atoms with van der Waals surface area (Å²) in [7, 11) is 0. The van der Waals surface area contributed by atoms with E-state index < -0.39 is 24.9 Å². The van der Waals surface area contributed by atoms with Gasteiger partial charge in [0.15, 0.2) is 6.61 Å². The van der Waals surface area contributed by atoms with Crippen molar-refractivity contribution >= 4 is 33.2 Å². The van der Waals surface area contributed by atoms with Gasteiger partial charge in [-0.2, -0.15) is 13.2 Å². The van der Waals surface area contributed by atoms with Gasteiger partial charge in [-0.05, 0) is 31.2 Å². The molecule has 124 valence electrons. The van der Waals surface area contributed by atoms with E-state index in [0.29, 0.717) is 11.4 Å². The maximum Gasteiger partial charge on any atom is 0.432 e. The van der Waals surface area contributed by atoms with Gasteiger partial charge in [-0.25, -0.2) is 9.78 Å². The highest BCUT2D eigenvalue weighted by atomic mass is 79.9. The minimum atomic E-state index is -4.74. The molecule has 0 amide bonds. The van der Waals surface area contributed by atoms with Gasteiger partial charge in [0.2, 0.25) is 6.10 Å².